The smallest absolute Gasteiger partial charge is 0.354 e. The van der Waals surface area contributed by atoms with E-state index in [-0.39, 0.29) is 18.4 Å². The van der Waals surface area contributed by atoms with Crippen molar-refractivity contribution in [1.82, 2.24) is 15.1 Å². The van der Waals surface area contributed by atoms with Crippen molar-refractivity contribution in [3.63, 3.8) is 0 Å². The Morgan fingerprint density at radius 3 is 2.68 bits per heavy atom. The summed E-state index contributed by atoms with van der Waals surface area (Å²) in [6, 6.07) is 1.08. The third-order valence-electron chi connectivity index (χ3n) is 3.74. The summed E-state index contributed by atoms with van der Waals surface area (Å²) < 4.78 is 39.5. The number of nitrogens with zero attached hydrogens (tertiary/aromatic N) is 2. The van der Waals surface area contributed by atoms with Gasteiger partial charge in [-0.2, -0.15) is 18.3 Å². The van der Waals surface area contributed by atoms with Crippen LogP contribution in [0.3, 0.4) is 0 Å². The molecule has 1 fully saturated rings. The molecule has 124 valence electrons. The second kappa shape index (κ2) is 7.15. The van der Waals surface area contributed by atoms with E-state index in [4.69, 9.17) is 0 Å². The molecule has 1 N–H and O–H groups in total. The van der Waals surface area contributed by atoms with Gasteiger partial charge in [0, 0.05) is 18.2 Å². The molecule has 0 aliphatic heterocycles. The van der Waals surface area contributed by atoms with Gasteiger partial charge < -0.3 is 5.32 Å². The van der Waals surface area contributed by atoms with Gasteiger partial charge >= 0.3 is 6.18 Å². The van der Waals surface area contributed by atoms with E-state index < -0.39 is 11.9 Å². The summed E-state index contributed by atoms with van der Waals surface area (Å²) in [6.07, 6.45) is 1.43. The van der Waals surface area contributed by atoms with E-state index in [2.05, 4.69) is 17.3 Å². The predicted octanol–water partition coefficient (Wildman–Crippen LogP) is 3.48. The van der Waals surface area contributed by atoms with Gasteiger partial charge in [0.15, 0.2) is 5.69 Å². The van der Waals surface area contributed by atoms with Crippen LogP contribution in [0, 0.1) is 0 Å². The minimum absolute atomic E-state index is 0.112. The van der Waals surface area contributed by atoms with Gasteiger partial charge in [-0.15, -0.1) is 0 Å². The highest BCUT2D eigenvalue weighted by Gasteiger charge is 2.38. The Morgan fingerprint density at radius 1 is 1.36 bits per heavy atom. The average molecular weight is 317 g/mol. The Kier molecular flexibility index (Phi) is 5.47. The molecule has 7 heteroatoms. The number of amides is 1. The molecule has 0 radical (unpaired) electrons. The van der Waals surface area contributed by atoms with Gasteiger partial charge in [-0.05, 0) is 25.3 Å². The van der Waals surface area contributed by atoms with Gasteiger partial charge in [-0.1, -0.05) is 26.2 Å². The average Bonchev–Trinajstić information content (AvgIpc) is 3.19. The highest BCUT2D eigenvalue weighted by molar-refractivity contribution is 5.75. The van der Waals surface area contributed by atoms with Crippen LogP contribution in [0.4, 0.5) is 13.2 Å². The molecule has 0 spiro atoms. The molecule has 0 saturated heterocycles. The maximum absolute atomic E-state index is 12.7. The number of carbonyl (C=O) groups is 1. The van der Waals surface area contributed by atoms with Crippen LogP contribution in [0.1, 0.15) is 62.8 Å². The molecule has 0 aromatic carbocycles. The Bertz CT molecular complexity index is 507. The fourth-order valence-corrected chi connectivity index (χ4v) is 2.38. The van der Waals surface area contributed by atoms with E-state index in [0.29, 0.717) is 12.2 Å². The SMILES string of the molecule is CCCCCCNC(=O)Cn1nc(C(F)(F)F)cc1C1CC1. The van der Waals surface area contributed by atoms with Crippen molar-refractivity contribution in [3.8, 4) is 0 Å². The van der Waals surface area contributed by atoms with Crippen LogP contribution < -0.4 is 5.32 Å². The van der Waals surface area contributed by atoms with Crippen LogP contribution in [-0.4, -0.2) is 22.2 Å². The highest BCUT2D eigenvalue weighted by Crippen LogP contribution is 2.42. The van der Waals surface area contributed by atoms with Crippen molar-refractivity contribution in [2.75, 3.05) is 6.54 Å². The second-order valence-electron chi connectivity index (χ2n) is 5.79. The van der Waals surface area contributed by atoms with Crippen LogP contribution >= 0.6 is 0 Å². The predicted molar refractivity (Wildman–Crippen MR) is 76.4 cm³/mol. The van der Waals surface area contributed by atoms with E-state index in [1.54, 1.807) is 0 Å². The number of hydrogen-bond acceptors (Lipinski definition) is 2. The van der Waals surface area contributed by atoms with Crippen LogP contribution in [0.5, 0.6) is 0 Å². The number of nitrogens with one attached hydrogen (secondary N) is 1. The number of hydrogen-bond donors (Lipinski definition) is 1. The number of carbonyl (C=O) groups excluding carboxylic acids is 1. The third-order valence-corrected chi connectivity index (χ3v) is 3.74. The first kappa shape index (κ1) is 16.8. The summed E-state index contributed by atoms with van der Waals surface area (Å²) in [6.45, 7) is 2.52. The van der Waals surface area contributed by atoms with Crippen molar-refractivity contribution in [3.05, 3.63) is 17.5 Å². The molecule has 22 heavy (non-hydrogen) atoms. The zero-order valence-corrected chi connectivity index (χ0v) is 12.7. The molecule has 1 aliphatic carbocycles. The Hall–Kier alpha value is -1.53. The lowest BCUT2D eigenvalue weighted by molar-refractivity contribution is -0.141. The van der Waals surface area contributed by atoms with Crippen LogP contribution in [0.25, 0.3) is 0 Å². The lowest BCUT2D eigenvalue weighted by atomic mass is 10.2. The molecule has 0 atom stereocenters. The number of aromatic nitrogens is 2. The largest absolute Gasteiger partial charge is 0.435 e. The van der Waals surface area contributed by atoms with Crippen LogP contribution in [-0.2, 0) is 17.5 Å². The second-order valence-corrected chi connectivity index (χ2v) is 5.79. The van der Waals surface area contributed by atoms with E-state index >= 15 is 0 Å². The van der Waals surface area contributed by atoms with E-state index in [0.717, 1.165) is 44.6 Å². The van der Waals surface area contributed by atoms with Crippen molar-refractivity contribution >= 4 is 5.91 Å². The fourth-order valence-electron chi connectivity index (χ4n) is 2.38. The molecule has 4 nitrogen and oxygen atoms in total. The van der Waals surface area contributed by atoms with E-state index in [1.807, 2.05) is 0 Å². The first-order valence-electron chi connectivity index (χ1n) is 7.83. The Balaban J connectivity index is 1.91. The molecule has 1 aromatic rings. The molecule has 1 aromatic heterocycles. The van der Waals surface area contributed by atoms with E-state index in [9.17, 15) is 18.0 Å². The molecule has 1 heterocycles. The fraction of sp³-hybridized carbons (Fsp3) is 0.733. The molecular formula is C15H22F3N3O. The molecule has 1 saturated carbocycles. The van der Waals surface area contributed by atoms with Crippen molar-refractivity contribution in [2.45, 2.75) is 64.1 Å². The molecule has 2 rings (SSSR count). The van der Waals surface area contributed by atoms with Gasteiger partial charge in [0.1, 0.15) is 6.54 Å². The molecule has 0 unspecified atom stereocenters. The third kappa shape index (κ3) is 4.74. The van der Waals surface area contributed by atoms with Gasteiger partial charge in [0.2, 0.25) is 5.91 Å². The van der Waals surface area contributed by atoms with Crippen molar-refractivity contribution < 1.29 is 18.0 Å². The Morgan fingerprint density at radius 2 is 2.09 bits per heavy atom. The normalized spacial score (nSPS) is 15.1. The number of rotatable bonds is 8. The molecular weight excluding hydrogens is 295 g/mol. The van der Waals surface area contributed by atoms with Crippen LogP contribution in [0.15, 0.2) is 6.07 Å². The molecule has 1 aliphatic rings. The summed E-state index contributed by atoms with van der Waals surface area (Å²) in [4.78, 5) is 11.8. The van der Waals surface area contributed by atoms with E-state index in [1.165, 1.54) is 4.68 Å². The summed E-state index contributed by atoms with van der Waals surface area (Å²) in [5, 5.41) is 6.31. The summed E-state index contributed by atoms with van der Waals surface area (Å²) >= 11 is 0. The van der Waals surface area contributed by atoms with Gasteiger partial charge in [0.25, 0.3) is 0 Å². The highest BCUT2D eigenvalue weighted by atomic mass is 19.4. The number of alkyl halides is 3. The lowest BCUT2D eigenvalue weighted by Crippen LogP contribution is -2.29. The topological polar surface area (TPSA) is 46.9 Å². The standard InChI is InChI=1S/C15H22F3N3O/c1-2-3-4-5-8-19-14(22)10-21-12(11-6-7-11)9-13(20-21)15(16,17)18/h9,11H,2-8,10H2,1H3,(H,19,22). The zero-order chi connectivity index (χ0) is 16.2. The summed E-state index contributed by atoms with van der Waals surface area (Å²) in [7, 11) is 0. The number of unbranched alkanes of at least 4 members (excludes halogenated alkanes) is 3. The first-order chi connectivity index (χ1) is 10.4. The van der Waals surface area contributed by atoms with Gasteiger partial charge in [0.05, 0.1) is 0 Å². The molecule has 1 amide bonds. The quantitative estimate of drug-likeness (QED) is 0.746. The minimum Gasteiger partial charge on any atom is -0.354 e. The monoisotopic (exact) mass is 317 g/mol. The minimum atomic E-state index is -4.47. The number of halogens is 3. The summed E-state index contributed by atoms with van der Waals surface area (Å²) in [5.41, 5.74) is -0.390. The summed E-state index contributed by atoms with van der Waals surface area (Å²) in [5.74, 6) is -0.170. The van der Waals surface area contributed by atoms with Crippen molar-refractivity contribution in [2.24, 2.45) is 0 Å². The maximum atomic E-state index is 12.7. The van der Waals surface area contributed by atoms with Gasteiger partial charge in [-0.25, -0.2) is 0 Å². The zero-order valence-electron chi connectivity index (χ0n) is 12.7. The lowest BCUT2D eigenvalue weighted by Gasteiger charge is -2.08. The maximum Gasteiger partial charge on any atom is 0.435 e. The van der Waals surface area contributed by atoms with Crippen molar-refractivity contribution in [1.29, 1.82) is 0 Å². The van der Waals surface area contributed by atoms with Crippen LogP contribution in [0.2, 0.25) is 0 Å². The molecule has 0 bridgehead atoms. The van der Waals surface area contributed by atoms with Gasteiger partial charge in [-0.3, -0.25) is 9.48 Å². The Labute approximate surface area is 128 Å². The first-order valence-corrected chi connectivity index (χ1v) is 7.83.